The maximum atomic E-state index is 12.6. The summed E-state index contributed by atoms with van der Waals surface area (Å²) in [6, 6.07) is 17.3. The van der Waals surface area contributed by atoms with Gasteiger partial charge in [0.2, 0.25) is 0 Å². The molecular weight excluding hydrogens is 422 g/mol. The minimum absolute atomic E-state index is 0.0998. The molecule has 3 heterocycles. The summed E-state index contributed by atoms with van der Waals surface area (Å²) in [5.41, 5.74) is 4.00. The first-order valence-electron chi connectivity index (χ1n) is 10.2. The van der Waals surface area contributed by atoms with Gasteiger partial charge in [0.15, 0.2) is 0 Å². The summed E-state index contributed by atoms with van der Waals surface area (Å²) in [7, 11) is 1.76. The molecule has 160 valence electrons. The Hall–Kier alpha value is -3.69. The van der Waals surface area contributed by atoms with Gasteiger partial charge in [0, 0.05) is 36.6 Å². The van der Waals surface area contributed by atoms with Crippen LogP contribution in [0.1, 0.15) is 36.2 Å². The second-order valence-electron chi connectivity index (χ2n) is 8.20. The van der Waals surface area contributed by atoms with Gasteiger partial charge in [0.1, 0.15) is 11.2 Å². The SMILES string of the molecule is Cn1c(=O)cc(NC(C)(C)c2ccccn2)c2cc(Cc3ccnc(Cl)c3C#N)ccc21. The largest absolute Gasteiger partial charge is 0.374 e. The van der Waals surface area contributed by atoms with Crippen molar-refractivity contribution in [2.45, 2.75) is 25.8 Å². The number of aromatic nitrogens is 3. The average Bonchev–Trinajstić information content (AvgIpc) is 2.78. The topological polar surface area (TPSA) is 83.6 Å². The molecule has 1 aromatic carbocycles. The zero-order chi connectivity index (χ0) is 22.9. The number of hydrogen-bond donors (Lipinski definition) is 1. The van der Waals surface area contributed by atoms with Crippen molar-refractivity contribution in [2.75, 3.05) is 5.32 Å². The molecule has 4 rings (SSSR count). The van der Waals surface area contributed by atoms with Crippen LogP contribution in [0.25, 0.3) is 10.9 Å². The predicted molar refractivity (Wildman–Crippen MR) is 127 cm³/mol. The Morgan fingerprint density at radius 2 is 1.94 bits per heavy atom. The minimum atomic E-state index is -0.497. The lowest BCUT2D eigenvalue weighted by Crippen LogP contribution is -2.30. The number of fused-ring (bicyclic) bond motifs is 1. The Morgan fingerprint density at radius 1 is 1.12 bits per heavy atom. The van der Waals surface area contributed by atoms with Gasteiger partial charge < -0.3 is 9.88 Å². The summed E-state index contributed by atoms with van der Waals surface area (Å²) < 4.78 is 1.63. The second kappa shape index (κ2) is 8.45. The molecular formula is C25H22ClN5O. The third kappa shape index (κ3) is 4.08. The number of benzene rings is 1. The maximum absolute atomic E-state index is 12.6. The number of rotatable bonds is 5. The van der Waals surface area contributed by atoms with Crippen LogP contribution in [0.5, 0.6) is 0 Å². The number of nitrogens with zero attached hydrogens (tertiary/aromatic N) is 4. The van der Waals surface area contributed by atoms with Gasteiger partial charge >= 0.3 is 0 Å². The van der Waals surface area contributed by atoms with Crippen molar-refractivity contribution in [2.24, 2.45) is 7.05 Å². The lowest BCUT2D eigenvalue weighted by atomic mass is 9.97. The molecule has 4 aromatic rings. The molecule has 32 heavy (non-hydrogen) atoms. The zero-order valence-corrected chi connectivity index (χ0v) is 18.8. The smallest absolute Gasteiger partial charge is 0.252 e. The van der Waals surface area contributed by atoms with E-state index in [1.165, 1.54) is 0 Å². The third-order valence-electron chi connectivity index (χ3n) is 5.56. The molecule has 0 saturated carbocycles. The number of pyridine rings is 3. The number of aryl methyl sites for hydroxylation is 1. The van der Waals surface area contributed by atoms with Crippen LogP contribution in [0, 0.1) is 11.3 Å². The molecule has 0 unspecified atom stereocenters. The molecule has 6 nitrogen and oxygen atoms in total. The van der Waals surface area contributed by atoms with Crippen molar-refractivity contribution in [1.82, 2.24) is 14.5 Å². The van der Waals surface area contributed by atoms with Gasteiger partial charge in [-0.15, -0.1) is 0 Å². The fourth-order valence-electron chi connectivity index (χ4n) is 3.81. The van der Waals surface area contributed by atoms with Crippen molar-refractivity contribution in [1.29, 1.82) is 5.26 Å². The molecule has 7 heteroatoms. The van der Waals surface area contributed by atoms with E-state index in [0.717, 1.165) is 33.4 Å². The predicted octanol–water partition coefficient (Wildman–Crippen LogP) is 4.79. The monoisotopic (exact) mass is 443 g/mol. The summed E-state index contributed by atoms with van der Waals surface area (Å²) in [5.74, 6) is 0. The van der Waals surface area contributed by atoms with Crippen LogP contribution in [0.4, 0.5) is 5.69 Å². The number of halogens is 1. The molecule has 3 aromatic heterocycles. The maximum Gasteiger partial charge on any atom is 0.252 e. The van der Waals surface area contributed by atoms with E-state index in [0.29, 0.717) is 12.0 Å². The van der Waals surface area contributed by atoms with Gasteiger partial charge in [-0.05, 0) is 61.7 Å². The van der Waals surface area contributed by atoms with Crippen molar-refractivity contribution < 1.29 is 0 Å². The lowest BCUT2D eigenvalue weighted by molar-refractivity contribution is 0.588. The van der Waals surface area contributed by atoms with Crippen LogP contribution in [-0.2, 0) is 19.0 Å². The van der Waals surface area contributed by atoms with Crippen LogP contribution in [0.2, 0.25) is 5.15 Å². The van der Waals surface area contributed by atoms with Gasteiger partial charge in [-0.2, -0.15) is 5.26 Å². The first-order chi connectivity index (χ1) is 15.3. The van der Waals surface area contributed by atoms with E-state index in [1.54, 1.807) is 36.1 Å². The Balaban J connectivity index is 1.81. The first-order valence-corrected chi connectivity index (χ1v) is 10.5. The lowest BCUT2D eigenvalue weighted by Gasteiger charge is -2.28. The molecule has 0 spiro atoms. The molecule has 0 aliphatic rings. The molecule has 0 aliphatic heterocycles. The van der Waals surface area contributed by atoms with Crippen LogP contribution < -0.4 is 10.9 Å². The van der Waals surface area contributed by atoms with E-state index in [1.807, 2.05) is 50.2 Å². The van der Waals surface area contributed by atoms with E-state index < -0.39 is 5.54 Å². The van der Waals surface area contributed by atoms with Gasteiger partial charge in [-0.25, -0.2) is 4.98 Å². The quantitative estimate of drug-likeness (QED) is 0.448. The van der Waals surface area contributed by atoms with E-state index in [-0.39, 0.29) is 10.7 Å². The molecule has 0 aliphatic carbocycles. The number of nitriles is 1. The minimum Gasteiger partial charge on any atom is -0.374 e. The van der Waals surface area contributed by atoms with Crippen LogP contribution in [0.15, 0.2) is 65.7 Å². The highest BCUT2D eigenvalue weighted by Crippen LogP contribution is 2.30. The highest BCUT2D eigenvalue weighted by atomic mass is 35.5. The van der Waals surface area contributed by atoms with Crippen molar-refractivity contribution >= 4 is 28.2 Å². The summed E-state index contributed by atoms with van der Waals surface area (Å²) in [5, 5.41) is 14.1. The van der Waals surface area contributed by atoms with Crippen LogP contribution in [-0.4, -0.2) is 14.5 Å². The van der Waals surface area contributed by atoms with E-state index in [9.17, 15) is 10.1 Å². The molecule has 0 bridgehead atoms. The van der Waals surface area contributed by atoms with Gasteiger partial charge in [-0.1, -0.05) is 23.7 Å². The zero-order valence-electron chi connectivity index (χ0n) is 18.1. The van der Waals surface area contributed by atoms with Crippen molar-refractivity contribution in [3.8, 4) is 6.07 Å². The van der Waals surface area contributed by atoms with E-state index in [4.69, 9.17) is 11.6 Å². The van der Waals surface area contributed by atoms with Gasteiger partial charge in [0.25, 0.3) is 5.56 Å². The van der Waals surface area contributed by atoms with Crippen LogP contribution in [0.3, 0.4) is 0 Å². The average molecular weight is 444 g/mol. The molecule has 0 radical (unpaired) electrons. The molecule has 0 atom stereocenters. The Morgan fingerprint density at radius 3 is 2.66 bits per heavy atom. The summed E-state index contributed by atoms with van der Waals surface area (Å²) >= 11 is 6.10. The van der Waals surface area contributed by atoms with Gasteiger partial charge in [-0.3, -0.25) is 9.78 Å². The van der Waals surface area contributed by atoms with E-state index in [2.05, 4.69) is 21.4 Å². The summed E-state index contributed by atoms with van der Waals surface area (Å²) in [6.45, 7) is 4.06. The number of nitrogens with one attached hydrogen (secondary N) is 1. The third-order valence-corrected chi connectivity index (χ3v) is 5.85. The first kappa shape index (κ1) is 21.5. The fourth-order valence-corrected chi connectivity index (χ4v) is 4.03. The molecule has 0 amide bonds. The summed E-state index contributed by atoms with van der Waals surface area (Å²) in [6.07, 6.45) is 3.88. The van der Waals surface area contributed by atoms with Gasteiger partial charge in [0.05, 0.1) is 22.3 Å². The molecule has 0 fully saturated rings. The Bertz CT molecular complexity index is 1400. The van der Waals surface area contributed by atoms with Crippen molar-refractivity contribution in [3.05, 3.63) is 98.8 Å². The number of anilines is 1. The normalized spacial score (nSPS) is 11.3. The van der Waals surface area contributed by atoms with Crippen LogP contribution >= 0.6 is 11.6 Å². The fraction of sp³-hybridized carbons (Fsp3) is 0.200. The summed E-state index contributed by atoms with van der Waals surface area (Å²) in [4.78, 5) is 21.1. The van der Waals surface area contributed by atoms with Crippen molar-refractivity contribution in [3.63, 3.8) is 0 Å². The highest BCUT2D eigenvalue weighted by molar-refractivity contribution is 6.30. The number of hydrogen-bond acceptors (Lipinski definition) is 5. The van der Waals surface area contributed by atoms with E-state index >= 15 is 0 Å². The Kier molecular flexibility index (Phi) is 5.68. The highest BCUT2D eigenvalue weighted by Gasteiger charge is 2.23. The molecule has 1 N–H and O–H groups in total. The Labute approximate surface area is 191 Å². The standard InChI is InChI=1S/C25H22ClN5O/c1-25(2,22-6-4-5-10-28-22)30-20-14-23(32)31(3)21-8-7-16(13-18(20)21)12-17-9-11-29-24(26)19(17)15-27/h4-11,13-14,30H,12H2,1-3H3. The molecule has 0 saturated heterocycles. The second-order valence-corrected chi connectivity index (χ2v) is 8.55.